The van der Waals surface area contributed by atoms with Crippen LogP contribution in [0.25, 0.3) is 6.08 Å². The number of hydrogen-bond donors (Lipinski definition) is 6. The molecule has 3 atom stereocenters. The molecule has 0 aliphatic carbocycles. The van der Waals surface area contributed by atoms with Gasteiger partial charge in [-0.05, 0) is 42.3 Å². The number of halogens is 2. The van der Waals surface area contributed by atoms with E-state index in [1.54, 1.807) is 12.1 Å². The highest BCUT2D eigenvalue weighted by Crippen LogP contribution is 2.27. The summed E-state index contributed by atoms with van der Waals surface area (Å²) in [7, 11) is 0. The standard InChI is InChI=1S/C23H24Cl2N4O7/c24-15-6-12(9-27-19(31)4-3-14-2-1-5-36-14)7-16(25)20(15)22(33)29-18(23(34)35)11-28-21(32)17-8-13(30)10-26-17/h1-7,13,17-18,26,30H,8-11H2,(H,27,31)(H,28,32)(H,29,33)(H,34,35)/t13-,17+,18+/m1/s1. The van der Waals surface area contributed by atoms with E-state index in [0.717, 1.165) is 0 Å². The first-order chi connectivity index (χ1) is 17.1. The summed E-state index contributed by atoms with van der Waals surface area (Å²) in [5.74, 6) is -2.60. The van der Waals surface area contributed by atoms with Gasteiger partial charge in [-0.1, -0.05) is 23.2 Å². The Morgan fingerprint density at radius 3 is 2.50 bits per heavy atom. The van der Waals surface area contributed by atoms with Crippen molar-refractivity contribution in [3.8, 4) is 0 Å². The van der Waals surface area contributed by atoms with Gasteiger partial charge in [0.15, 0.2) is 0 Å². The van der Waals surface area contributed by atoms with Gasteiger partial charge < -0.3 is 35.9 Å². The molecule has 0 saturated carbocycles. The topological polar surface area (TPSA) is 170 Å². The molecule has 0 bridgehead atoms. The van der Waals surface area contributed by atoms with Crippen LogP contribution in [0.5, 0.6) is 0 Å². The third kappa shape index (κ3) is 7.56. The van der Waals surface area contributed by atoms with E-state index in [4.69, 9.17) is 27.6 Å². The van der Waals surface area contributed by atoms with Crippen molar-refractivity contribution in [2.24, 2.45) is 0 Å². The van der Waals surface area contributed by atoms with Crippen molar-refractivity contribution in [2.75, 3.05) is 13.1 Å². The highest BCUT2D eigenvalue weighted by Gasteiger charge is 2.30. The van der Waals surface area contributed by atoms with Crippen LogP contribution in [0.3, 0.4) is 0 Å². The minimum Gasteiger partial charge on any atom is -0.480 e. The van der Waals surface area contributed by atoms with Gasteiger partial charge >= 0.3 is 5.97 Å². The molecule has 3 amide bonds. The Hall–Kier alpha value is -3.38. The highest BCUT2D eigenvalue weighted by molar-refractivity contribution is 6.39. The van der Waals surface area contributed by atoms with Gasteiger partial charge in [0.25, 0.3) is 5.91 Å². The maximum Gasteiger partial charge on any atom is 0.328 e. The molecule has 2 aromatic rings. The lowest BCUT2D eigenvalue weighted by atomic mass is 10.1. The number of carbonyl (C=O) groups excluding carboxylic acids is 3. The van der Waals surface area contributed by atoms with Crippen molar-refractivity contribution in [3.63, 3.8) is 0 Å². The number of amides is 3. The van der Waals surface area contributed by atoms with Gasteiger partial charge in [0.2, 0.25) is 11.8 Å². The van der Waals surface area contributed by atoms with E-state index in [1.165, 1.54) is 30.5 Å². The second-order valence-corrected chi connectivity index (χ2v) is 8.78. The molecule has 1 aromatic carbocycles. The lowest BCUT2D eigenvalue weighted by molar-refractivity contribution is -0.139. The van der Waals surface area contributed by atoms with Crippen LogP contribution >= 0.6 is 23.2 Å². The second kappa shape index (κ2) is 12.5. The maximum atomic E-state index is 12.7. The molecule has 1 aliphatic rings. The summed E-state index contributed by atoms with van der Waals surface area (Å²) in [6, 6.07) is 4.12. The molecule has 0 spiro atoms. The number of aliphatic hydroxyl groups is 1. The third-order valence-corrected chi connectivity index (χ3v) is 5.84. The summed E-state index contributed by atoms with van der Waals surface area (Å²) in [6.45, 7) is -0.0646. The summed E-state index contributed by atoms with van der Waals surface area (Å²) < 4.78 is 5.10. The van der Waals surface area contributed by atoms with E-state index in [1.807, 2.05) is 0 Å². The van der Waals surface area contributed by atoms with E-state index in [2.05, 4.69) is 21.3 Å². The number of benzene rings is 1. The van der Waals surface area contributed by atoms with Crippen molar-refractivity contribution in [1.82, 2.24) is 21.3 Å². The Morgan fingerprint density at radius 1 is 1.19 bits per heavy atom. The summed E-state index contributed by atoms with van der Waals surface area (Å²) >= 11 is 12.5. The summed E-state index contributed by atoms with van der Waals surface area (Å²) in [4.78, 5) is 48.5. The lowest BCUT2D eigenvalue weighted by Gasteiger charge is -2.18. The van der Waals surface area contributed by atoms with Gasteiger partial charge in [-0.15, -0.1) is 0 Å². The molecule has 1 aromatic heterocycles. The fraction of sp³-hybridized carbons (Fsp3) is 0.304. The Bertz CT molecular complexity index is 1130. The molecule has 13 heteroatoms. The first-order valence-electron chi connectivity index (χ1n) is 10.8. The monoisotopic (exact) mass is 538 g/mol. The van der Waals surface area contributed by atoms with Crippen LogP contribution in [-0.2, 0) is 20.9 Å². The molecular weight excluding hydrogens is 515 g/mol. The molecule has 1 saturated heterocycles. The Balaban J connectivity index is 1.57. The Kier molecular flexibility index (Phi) is 9.48. The lowest BCUT2D eigenvalue weighted by Crippen LogP contribution is -2.51. The van der Waals surface area contributed by atoms with Crippen LogP contribution in [-0.4, -0.2) is 65.2 Å². The fourth-order valence-electron chi connectivity index (χ4n) is 3.41. The zero-order valence-electron chi connectivity index (χ0n) is 18.8. The zero-order valence-corrected chi connectivity index (χ0v) is 20.3. The summed E-state index contributed by atoms with van der Waals surface area (Å²) in [5.41, 5.74) is 0.360. The number of β-amino-alcohol motifs (C(OH)–C–C–N with tert-alkyl or cyclic N) is 1. The third-order valence-electron chi connectivity index (χ3n) is 5.25. The first kappa shape index (κ1) is 27.2. The quantitative estimate of drug-likeness (QED) is 0.242. The van der Waals surface area contributed by atoms with E-state index < -0.39 is 41.9 Å². The molecule has 6 N–H and O–H groups in total. The number of carboxylic acids is 1. The molecule has 1 fully saturated rings. The predicted molar refractivity (Wildman–Crippen MR) is 130 cm³/mol. The van der Waals surface area contributed by atoms with Gasteiger partial charge in [0.1, 0.15) is 11.8 Å². The van der Waals surface area contributed by atoms with Crippen molar-refractivity contribution in [2.45, 2.75) is 31.2 Å². The van der Waals surface area contributed by atoms with Crippen LogP contribution in [0.4, 0.5) is 0 Å². The number of rotatable bonds is 10. The maximum absolute atomic E-state index is 12.7. The van der Waals surface area contributed by atoms with Crippen LogP contribution in [0.2, 0.25) is 10.0 Å². The highest BCUT2D eigenvalue weighted by atomic mass is 35.5. The molecule has 192 valence electrons. The first-order valence-corrected chi connectivity index (χ1v) is 11.6. The SMILES string of the molecule is O=C(C=Cc1ccco1)NCc1cc(Cl)c(C(=O)N[C@@H](CNC(=O)[C@@H]2C[C@@H](O)CN2)C(=O)O)c(Cl)c1. The second-order valence-electron chi connectivity index (χ2n) is 7.96. The minimum atomic E-state index is -1.46. The molecular formula is C23H24Cl2N4O7. The number of aliphatic hydroxyl groups excluding tert-OH is 1. The molecule has 2 heterocycles. The van der Waals surface area contributed by atoms with Crippen molar-refractivity contribution in [3.05, 3.63) is 63.5 Å². The van der Waals surface area contributed by atoms with Gasteiger partial charge in [-0.25, -0.2) is 4.79 Å². The average molecular weight is 539 g/mol. The normalized spacial score (nSPS) is 18.1. The Labute approximate surface area is 215 Å². The number of carboxylic acid groups (broad SMARTS) is 1. The fourth-order valence-corrected chi connectivity index (χ4v) is 4.11. The van der Waals surface area contributed by atoms with E-state index in [9.17, 15) is 29.4 Å². The number of furan rings is 1. The minimum absolute atomic E-state index is 0.0484. The van der Waals surface area contributed by atoms with Crippen molar-refractivity contribution < 1.29 is 33.8 Å². The van der Waals surface area contributed by atoms with Crippen LogP contribution in [0.15, 0.2) is 41.0 Å². The van der Waals surface area contributed by atoms with Crippen LogP contribution < -0.4 is 21.3 Å². The van der Waals surface area contributed by atoms with Crippen LogP contribution in [0.1, 0.15) is 28.1 Å². The largest absolute Gasteiger partial charge is 0.480 e. The van der Waals surface area contributed by atoms with Gasteiger partial charge in [0.05, 0.1) is 34.0 Å². The number of hydrogen-bond acceptors (Lipinski definition) is 7. The van der Waals surface area contributed by atoms with Gasteiger partial charge in [-0.2, -0.15) is 0 Å². The van der Waals surface area contributed by atoms with Crippen LogP contribution in [0, 0.1) is 0 Å². The summed E-state index contributed by atoms with van der Waals surface area (Å²) in [6.07, 6.45) is 3.81. The number of nitrogens with one attached hydrogen (secondary N) is 4. The molecule has 0 unspecified atom stereocenters. The molecule has 11 nitrogen and oxygen atoms in total. The van der Waals surface area contributed by atoms with E-state index in [0.29, 0.717) is 11.3 Å². The Morgan fingerprint density at radius 2 is 1.92 bits per heavy atom. The van der Waals surface area contributed by atoms with E-state index in [-0.39, 0.29) is 41.7 Å². The molecule has 1 aliphatic heterocycles. The average Bonchev–Trinajstić information content (AvgIpc) is 3.50. The number of aliphatic carboxylic acids is 1. The summed E-state index contributed by atoms with van der Waals surface area (Å²) in [5, 5.41) is 29.1. The van der Waals surface area contributed by atoms with Gasteiger partial charge in [0, 0.05) is 25.7 Å². The van der Waals surface area contributed by atoms with E-state index >= 15 is 0 Å². The van der Waals surface area contributed by atoms with Gasteiger partial charge in [-0.3, -0.25) is 14.4 Å². The predicted octanol–water partition coefficient (Wildman–Crippen LogP) is 0.938. The van der Waals surface area contributed by atoms with Crippen molar-refractivity contribution >= 4 is 53.0 Å². The number of carbonyl (C=O) groups is 4. The zero-order chi connectivity index (χ0) is 26.2. The van der Waals surface area contributed by atoms with Crippen molar-refractivity contribution in [1.29, 1.82) is 0 Å². The molecule has 3 rings (SSSR count). The molecule has 36 heavy (non-hydrogen) atoms. The molecule has 0 radical (unpaired) electrons. The smallest absolute Gasteiger partial charge is 0.328 e.